The Morgan fingerprint density at radius 1 is 1.20 bits per heavy atom. The molecule has 0 fully saturated rings. The Bertz CT molecular complexity index is 599. The molecule has 0 heterocycles. The van der Waals surface area contributed by atoms with E-state index in [1.807, 2.05) is 24.3 Å². The molecule has 2 nitrogen and oxygen atoms in total. The van der Waals surface area contributed by atoms with Crippen LogP contribution in [0.5, 0.6) is 0 Å². The van der Waals surface area contributed by atoms with Crippen LogP contribution in [-0.2, 0) is 6.54 Å². The molecule has 2 aromatic carbocycles. The number of nitrogens with one attached hydrogen (secondary N) is 1. The summed E-state index contributed by atoms with van der Waals surface area (Å²) in [5.41, 5.74) is 3.13. The average molecular weight is 329 g/mol. The van der Waals surface area contributed by atoms with Gasteiger partial charge in [0.15, 0.2) is 0 Å². The van der Waals surface area contributed by atoms with E-state index in [0.29, 0.717) is 11.6 Å². The van der Waals surface area contributed by atoms with Gasteiger partial charge >= 0.3 is 0 Å². The quantitative estimate of drug-likeness (QED) is 0.873. The number of nitrogens with zero attached hydrogens (tertiary/aromatic N) is 1. The van der Waals surface area contributed by atoms with Crippen molar-refractivity contribution in [1.82, 2.24) is 5.32 Å². The Labute approximate surface area is 128 Å². The van der Waals surface area contributed by atoms with Gasteiger partial charge in [0.05, 0.1) is 11.6 Å². The highest BCUT2D eigenvalue weighted by Gasteiger charge is 2.08. The van der Waals surface area contributed by atoms with Crippen molar-refractivity contribution in [3.63, 3.8) is 0 Å². The third kappa shape index (κ3) is 3.93. The molecule has 1 N–H and O–H groups in total. The number of rotatable bonds is 5. The van der Waals surface area contributed by atoms with E-state index in [0.717, 1.165) is 23.0 Å². The first kappa shape index (κ1) is 14.8. The molecule has 0 saturated carbocycles. The first-order chi connectivity index (χ1) is 9.72. The van der Waals surface area contributed by atoms with Gasteiger partial charge in [-0.1, -0.05) is 47.1 Å². The monoisotopic (exact) mass is 328 g/mol. The molecule has 20 heavy (non-hydrogen) atoms. The minimum atomic E-state index is 0.328. The molecular formula is C17H17BrN2. The molecule has 1 unspecified atom stereocenters. The van der Waals surface area contributed by atoms with E-state index in [9.17, 15) is 0 Å². The lowest BCUT2D eigenvalue weighted by Crippen LogP contribution is -2.20. The summed E-state index contributed by atoms with van der Waals surface area (Å²) in [5, 5.41) is 12.5. The molecule has 0 saturated heterocycles. The Morgan fingerprint density at radius 3 is 2.60 bits per heavy atom. The van der Waals surface area contributed by atoms with Crippen LogP contribution in [0, 0.1) is 11.3 Å². The van der Waals surface area contributed by atoms with Gasteiger partial charge in [0.25, 0.3) is 0 Å². The van der Waals surface area contributed by atoms with Crippen LogP contribution >= 0.6 is 15.9 Å². The number of hydrogen-bond acceptors (Lipinski definition) is 2. The highest BCUT2D eigenvalue weighted by atomic mass is 79.9. The van der Waals surface area contributed by atoms with Gasteiger partial charge in [0.2, 0.25) is 0 Å². The maximum absolute atomic E-state index is 8.91. The van der Waals surface area contributed by atoms with Crippen LogP contribution < -0.4 is 5.32 Å². The Kier molecular flexibility index (Phi) is 5.34. The smallest absolute Gasteiger partial charge is 0.0991 e. The Morgan fingerprint density at radius 2 is 1.95 bits per heavy atom. The van der Waals surface area contributed by atoms with E-state index >= 15 is 0 Å². The minimum Gasteiger partial charge on any atom is -0.306 e. The van der Waals surface area contributed by atoms with Crippen LogP contribution in [0.25, 0.3) is 0 Å². The van der Waals surface area contributed by atoms with Gasteiger partial charge in [0, 0.05) is 17.1 Å². The largest absolute Gasteiger partial charge is 0.306 e. The van der Waals surface area contributed by atoms with E-state index in [1.54, 1.807) is 0 Å². The predicted octanol–water partition coefficient (Wildman–Crippen LogP) is 4.56. The first-order valence-corrected chi connectivity index (χ1v) is 7.50. The summed E-state index contributed by atoms with van der Waals surface area (Å²) >= 11 is 3.46. The van der Waals surface area contributed by atoms with Crippen LogP contribution in [0.3, 0.4) is 0 Å². The summed E-state index contributed by atoms with van der Waals surface area (Å²) in [6.07, 6.45) is 1.03. The molecule has 0 aliphatic rings. The molecular weight excluding hydrogens is 312 g/mol. The zero-order chi connectivity index (χ0) is 14.4. The summed E-state index contributed by atoms with van der Waals surface area (Å²) < 4.78 is 1.10. The van der Waals surface area contributed by atoms with Gasteiger partial charge in [-0.3, -0.25) is 0 Å². The summed E-state index contributed by atoms with van der Waals surface area (Å²) in [6.45, 7) is 2.94. The molecule has 2 aromatic rings. The summed E-state index contributed by atoms with van der Waals surface area (Å²) in [5.74, 6) is 0. The molecule has 102 valence electrons. The third-order valence-electron chi connectivity index (χ3n) is 3.29. The molecule has 3 heteroatoms. The number of hydrogen-bond donors (Lipinski definition) is 1. The van der Waals surface area contributed by atoms with Gasteiger partial charge < -0.3 is 5.32 Å². The van der Waals surface area contributed by atoms with Crippen molar-refractivity contribution < 1.29 is 0 Å². The second-order valence-corrected chi connectivity index (χ2v) is 5.62. The van der Waals surface area contributed by atoms with E-state index in [-0.39, 0.29) is 0 Å². The molecule has 0 spiro atoms. The molecule has 0 aliphatic heterocycles. The lowest BCUT2D eigenvalue weighted by Gasteiger charge is -2.17. The summed E-state index contributed by atoms with van der Waals surface area (Å²) in [7, 11) is 0. The van der Waals surface area contributed by atoms with Crippen molar-refractivity contribution >= 4 is 15.9 Å². The first-order valence-electron chi connectivity index (χ1n) is 6.71. The number of benzene rings is 2. The topological polar surface area (TPSA) is 35.8 Å². The van der Waals surface area contributed by atoms with Crippen molar-refractivity contribution in [3.05, 3.63) is 69.7 Å². The molecule has 0 amide bonds. The van der Waals surface area contributed by atoms with Crippen LogP contribution in [0.1, 0.15) is 36.1 Å². The van der Waals surface area contributed by atoms with Gasteiger partial charge in [-0.2, -0.15) is 5.26 Å². The van der Waals surface area contributed by atoms with Gasteiger partial charge in [-0.15, -0.1) is 0 Å². The molecule has 0 bridgehead atoms. The standard InChI is InChI=1S/C17H17BrN2/c1-2-17(15-6-8-16(18)9-7-15)20-12-14-5-3-4-13(10-14)11-19/h3-10,17,20H,2,12H2,1H3. The van der Waals surface area contributed by atoms with Crippen LogP contribution in [0.4, 0.5) is 0 Å². The average Bonchev–Trinajstić information content (AvgIpc) is 2.50. The second-order valence-electron chi connectivity index (χ2n) is 4.71. The molecule has 0 radical (unpaired) electrons. The lowest BCUT2D eigenvalue weighted by atomic mass is 10.0. The van der Waals surface area contributed by atoms with E-state index in [2.05, 4.69) is 58.5 Å². The Hall–Kier alpha value is -1.63. The maximum Gasteiger partial charge on any atom is 0.0991 e. The third-order valence-corrected chi connectivity index (χ3v) is 3.82. The highest BCUT2D eigenvalue weighted by Crippen LogP contribution is 2.20. The fourth-order valence-electron chi connectivity index (χ4n) is 2.18. The van der Waals surface area contributed by atoms with Gasteiger partial charge in [-0.05, 0) is 41.8 Å². The van der Waals surface area contributed by atoms with E-state index in [4.69, 9.17) is 5.26 Å². The normalized spacial score (nSPS) is 11.8. The maximum atomic E-state index is 8.91. The van der Waals surface area contributed by atoms with Gasteiger partial charge in [-0.25, -0.2) is 0 Å². The number of halogens is 1. The van der Waals surface area contributed by atoms with Crippen LogP contribution in [0.15, 0.2) is 53.0 Å². The van der Waals surface area contributed by atoms with E-state index < -0.39 is 0 Å². The van der Waals surface area contributed by atoms with Crippen molar-refractivity contribution in [1.29, 1.82) is 5.26 Å². The highest BCUT2D eigenvalue weighted by molar-refractivity contribution is 9.10. The zero-order valence-corrected chi connectivity index (χ0v) is 13.0. The van der Waals surface area contributed by atoms with Crippen molar-refractivity contribution in [2.24, 2.45) is 0 Å². The van der Waals surface area contributed by atoms with Crippen molar-refractivity contribution in [2.75, 3.05) is 0 Å². The fraction of sp³-hybridized carbons (Fsp3) is 0.235. The van der Waals surface area contributed by atoms with Crippen LogP contribution in [-0.4, -0.2) is 0 Å². The predicted molar refractivity (Wildman–Crippen MR) is 85.2 cm³/mol. The van der Waals surface area contributed by atoms with E-state index in [1.165, 1.54) is 5.56 Å². The van der Waals surface area contributed by atoms with Gasteiger partial charge in [0.1, 0.15) is 0 Å². The van der Waals surface area contributed by atoms with Crippen molar-refractivity contribution in [3.8, 4) is 6.07 Å². The summed E-state index contributed by atoms with van der Waals surface area (Å²) in [4.78, 5) is 0. The summed E-state index contributed by atoms with van der Waals surface area (Å²) in [6, 6.07) is 18.6. The Balaban J connectivity index is 2.03. The molecule has 0 aromatic heterocycles. The fourth-order valence-corrected chi connectivity index (χ4v) is 2.45. The SMILES string of the molecule is CCC(NCc1cccc(C#N)c1)c1ccc(Br)cc1. The van der Waals surface area contributed by atoms with Crippen LogP contribution in [0.2, 0.25) is 0 Å². The molecule has 1 atom stereocenters. The second kappa shape index (κ2) is 7.23. The zero-order valence-electron chi connectivity index (χ0n) is 11.4. The number of nitriles is 1. The van der Waals surface area contributed by atoms with Crippen molar-refractivity contribution in [2.45, 2.75) is 25.9 Å². The molecule has 2 rings (SSSR count). The minimum absolute atomic E-state index is 0.328. The lowest BCUT2D eigenvalue weighted by molar-refractivity contribution is 0.519. The molecule has 0 aliphatic carbocycles.